The largest absolute Gasteiger partial charge is 0.376 e. The first kappa shape index (κ1) is 18.5. The summed E-state index contributed by atoms with van der Waals surface area (Å²) >= 11 is 7.33. The molecule has 0 bridgehead atoms. The van der Waals surface area contributed by atoms with Crippen molar-refractivity contribution in [1.29, 1.82) is 0 Å². The Hall–Kier alpha value is -1.83. The highest BCUT2D eigenvalue weighted by Gasteiger charge is 2.21. The van der Waals surface area contributed by atoms with Crippen LogP contribution in [0, 0.1) is 13.8 Å². The summed E-state index contributed by atoms with van der Waals surface area (Å²) in [6, 6.07) is 3.76. The number of nitrogens with zero attached hydrogens (tertiary/aromatic N) is 3. The van der Waals surface area contributed by atoms with Crippen LogP contribution in [-0.2, 0) is 11.3 Å². The van der Waals surface area contributed by atoms with E-state index >= 15 is 0 Å². The fourth-order valence-corrected chi connectivity index (χ4v) is 4.40. The molecule has 1 fully saturated rings. The molecule has 6 nitrogen and oxygen atoms in total. The number of hydrogen-bond acceptors (Lipinski definition) is 5. The minimum absolute atomic E-state index is 0.0955. The lowest BCUT2D eigenvalue weighted by Gasteiger charge is -2.14. The van der Waals surface area contributed by atoms with Gasteiger partial charge in [0, 0.05) is 36.3 Å². The van der Waals surface area contributed by atoms with Crippen molar-refractivity contribution in [2.24, 2.45) is 0 Å². The number of pyridine rings is 1. The molecule has 142 valence electrons. The number of imidazole rings is 1. The zero-order valence-electron chi connectivity index (χ0n) is 15.3. The number of hydrogen-bond donors (Lipinski definition) is 1. The van der Waals surface area contributed by atoms with E-state index in [2.05, 4.69) is 19.5 Å². The van der Waals surface area contributed by atoms with Gasteiger partial charge in [-0.25, -0.2) is 9.97 Å². The van der Waals surface area contributed by atoms with Crippen LogP contribution in [0.5, 0.6) is 0 Å². The summed E-state index contributed by atoms with van der Waals surface area (Å²) in [6.07, 6.45) is 4.01. The number of halogens is 1. The van der Waals surface area contributed by atoms with Gasteiger partial charge in [0.15, 0.2) is 16.6 Å². The van der Waals surface area contributed by atoms with Gasteiger partial charge in [-0.1, -0.05) is 23.4 Å². The molecule has 0 radical (unpaired) electrons. The van der Waals surface area contributed by atoms with Crippen LogP contribution in [0.1, 0.15) is 34.6 Å². The Balaban J connectivity index is 1.45. The van der Waals surface area contributed by atoms with Crippen LogP contribution in [-0.4, -0.2) is 43.8 Å². The molecule has 0 unspecified atom stereocenters. The number of nitrogens with one attached hydrogen (secondary N) is 1. The zero-order chi connectivity index (χ0) is 19.0. The lowest BCUT2D eigenvalue weighted by atomic mass is 10.2. The van der Waals surface area contributed by atoms with Gasteiger partial charge in [0.25, 0.3) is 0 Å². The number of thioether (sulfide) groups is 1. The van der Waals surface area contributed by atoms with E-state index in [4.69, 9.17) is 16.3 Å². The van der Waals surface area contributed by atoms with E-state index in [1.165, 1.54) is 11.8 Å². The molecule has 8 heteroatoms. The normalized spacial score (nSPS) is 17.1. The molecule has 3 aromatic rings. The summed E-state index contributed by atoms with van der Waals surface area (Å²) in [5.74, 6) is 0.413. The number of carbonyl (C=O) groups is 1. The molecule has 1 saturated heterocycles. The Kier molecular flexibility index (Phi) is 5.25. The molecule has 27 heavy (non-hydrogen) atoms. The molecule has 4 heterocycles. The van der Waals surface area contributed by atoms with Gasteiger partial charge >= 0.3 is 0 Å². The minimum Gasteiger partial charge on any atom is -0.376 e. The molecule has 4 rings (SSSR count). The number of ketones is 1. The molecule has 0 amide bonds. The van der Waals surface area contributed by atoms with Crippen LogP contribution < -0.4 is 0 Å². The topological polar surface area (TPSA) is 72.8 Å². The molecule has 1 aliphatic heterocycles. The van der Waals surface area contributed by atoms with Gasteiger partial charge < -0.3 is 14.3 Å². The van der Waals surface area contributed by atoms with Crippen LogP contribution in [0.15, 0.2) is 23.5 Å². The number of aryl methyl sites for hydroxylation is 1. The predicted octanol–water partition coefficient (Wildman–Crippen LogP) is 4.18. The second kappa shape index (κ2) is 7.66. The molecule has 1 aliphatic rings. The average Bonchev–Trinajstić information content (AvgIpc) is 3.35. The highest BCUT2D eigenvalue weighted by atomic mass is 35.5. The van der Waals surface area contributed by atoms with Crippen molar-refractivity contribution in [3.05, 3.63) is 40.3 Å². The number of carbonyl (C=O) groups excluding carboxylic acids is 1. The van der Waals surface area contributed by atoms with Gasteiger partial charge in [-0.2, -0.15) is 0 Å². The molecular formula is C19H21ClN4O2S. The number of fused-ring (bicyclic) bond motifs is 1. The second-order valence-electron chi connectivity index (χ2n) is 6.81. The number of aromatic amines is 1. The Labute approximate surface area is 166 Å². The third-order valence-corrected chi connectivity index (χ3v) is 5.99. The Morgan fingerprint density at radius 1 is 1.44 bits per heavy atom. The summed E-state index contributed by atoms with van der Waals surface area (Å²) in [5.41, 5.74) is 4.25. The Bertz CT molecular complexity index is 991. The predicted molar refractivity (Wildman–Crippen MR) is 107 cm³/mol. The van der Waals surface area contributed by atoms with Crippen molar-refractivity contribution in [1.82, 2.24) is 19.5 Å². The van der Waals surface area contributed by atoms with E-state index < -0.39 is 0 Å². The monoisotopic (exact) mass is 404 g/mol. The van der Waals surface area contributed by atoms with Crippen LogP contribution in [0.25, 0.3) is 11.2 Å². The minimum atomic E-state index is 0.0955. The number of H-pyrrole nitrogens is 1. The van der Waals surface area contributed by atoms with Crippen molar-refractivity contribution in [2.75, 3.05) is 12.4 Å². The molecular weight excluding hydrogens is 384 g/mol. The van der Waals surface area contributed by atoms with Crippen molar-refractivity contribution in [3.63, 3.8) is 0 Å². The molecule has 1 atom stereocenters. The Morgan fingerprint density at radius 2 is 2.30 bits per heavy atom. The van der Waals surface area contributed by atoms with Gasteiger partial charge in [-0.05, 0) is 38.8 Å². The van der Waals surface area contributed by atoms with E-state index in [1.807, 2.05) is 19.9 Å². The van der Waals surface area contributed by atoms with Crippen molar-refractivity contribution in [2.45, 2.75) is 44.5 Å². The fourth-order valence-electron chi connectivity index (χ4n) is 3.49. The van der Waals surface area contributed by atoms with Gasteiger partial charge in [-0.3, -0.25) is 4.79 Å². The first-order valence-corrected chi connectivity index (χ1v) is 10.3. The van der Waals surface area contributed by atoms with E-state index in [1.54, 1.807) is 12.3 Å². The van der Waals surface area contributed by atoms with Crippen molar-refractivity contribution >= 4 is 40.3 Å². The van der Waals surface area contributed by atoms with Crippen LogP contribution >= 0.6 is 23.4 Å². The molecule has 0 spiro atoms. The third-order valence-electron chi connectivity index (χ3n) is 4.91. The van der Waals surface area contributed by atoms with Gasteiger partial charge in [0.05, 0.1) is 22.4 Å². The number of aromatic nitrogens is 4. The van der Waals surface area contributed by atoms with Gasteiger partial charge in [0.2, 0.25) is 0 Å². The number of rotatable bonds is 6. The number of ether oxygens (including phenoxy) is 1. The average molecular weight is 405 g/mol. The lowest BCUT2D eigenvalue weighted by Crippen LogP contribution is -2.17. The Morgan fingerprint density at radius 3 is 3.07 bits per heavy atom. The smallest absolute Gasteiger partial charge is 0.178 e. The molecule has 0 aliphatic carbocycles. The molecule has 0 saturated carbocycles. The van der Waals surface area contributed by atoms with E-state index in [9.17, 15) is 4.79 Å². The van der Waals surface area contributed by atoms with E-state index in [0.717, 1.165) is 48.5 Å². The maximum Gasteiger partial charge on any atom is 0.178 e. The second-order valence-corrected chi connectivity index (χ2v) is 8.21. The van der Waals surface area contributed by atoms with Crippen molar-refractivity contribution < 1.29 is 9.53 Å². The molecule has 3 aromatic heterocycles. The first-order chi connectivity index (χ1) is 13.0. The highest BCUT2D eigenvalue weighted by Crippen LogP contribution is 2.24. The van der Waals surface area contributed by atoms with Gasteiger partial charge in [0.1, 0.15) is 0 Å². The van der Waals surface area contributed by atoms with Crippen LogP contribution in [0.4, 0.5) is 0 Å². The maximum atomic E-state index is 12.8. The summed E-state index contributed by atoms with van der Waals surface area (Å²) in [4.78, 5) is 24.5. The van der Waals surface area contributed by atoms with E-state index in [0.29, 0.717) is 21.6 Å². The zero-order valence-corrected chi connectivity index (χ0v) is 16.9. The number of Topliss-reactive ketones (excluding diaryl/α,β-unsaturated/α-hetero) is 1. The summed E-state index contributed by atoms with van der Waals surface area (Å²) < 4.78 is 7.94. The maximum absolute atomic E-state index is 12.8. The van der Waals surface area contributed by atoms with E-state index in [-0.39, 0.29) is 11.9 Å². The summed E-state index contributed by atoms with van der Waals surface area (Å²) in [6.45, 7) is 5.70. The highest BCUT2D eigenvalue weighted by molar-refractivity contribution is 7.99. The molecule has 1 N–H and O–H groups in total. The lowest BCUT2D eigenvalue weighted by molar-refractivity contribution is 0.0957. The third kappa shape index (κ3) is 3.90. The summed E-state index contributed by atoms with van der Waals surface area (Å²) in [5, 5.41) is 1.22. The van der Waals surface area contributed by atoms with Crippen LogP contribution in [0.2, 0.25) is 5.02 Å². The standard InChI is InChI=1S/C19H21ClN4O2S/c1-11-6-15(12(2)24(11)9-14-4-3-5-26-14)17(25)10-27-19-22-16-7-13(20)8-21-18(16)23-19/h6-8,14H,3-5,9-10H2,1-2H3,(H,21,22,23)/t14-/m1/s1. The fraction of sp³-hybridized carbons (Fsp3) is 0.421. The van der Waals surface area contributed by atoms with Crippen molar-refractivity contribution in [3.8, 4) is 0 Å². The van der Waals surface area contributed by atoms with Crippen LogP contribution in [0.3, 0.4) is 0 Å². The first-order valence-electron chi connectivity index (χ1n) is 8.97. The summed E-state index contributed by atoms with van der Waals surface area (Å²) in [7, 11) is 0. The molecule has 0 aromatic carbocycles. The quantitative estimate of drug-likeness (QED) is 0.492. The SMILES string of the molecule is Cc1cc(C(=O)CSc2nc3ncc(Cl)cc3[nH]2)c(C)n1C[C@H]1CCCO1. The van der Waals surface area contributed by atoms with Gasteiger partial charge in [-0.15, -0.1) is 0 Å².